The zero-order chi connectivity index (χ0) is 15.9. The summed E-state index contributed by atoms with van der Waals surface area (Å²) >= 11 is 0. The summed E-state index contributed by atoms with van der Waals surface area (Å²) in [5.41, 5.74) is 2.84. The lowest BCUT2D eigenvalue weighted by Crippen LogP contribution is -2.39. The minimum atomic E-state index is -0.748. The number of rotatable bonds is 4. The third-order valence-corrected chi connectivity index (χ3v) is 3.25. The summed E-state index contributed by atoms with van der Waals surface area (Å²) in [4.78, 5) is 24.9. The van der Waals surface area contributed by atoms with Crippen LogP contribution in [-0.2, 0) is 9.59 Å². The Labute approximate surface area is 128 Å². The van der Waals surface area contributed by atoms with Gasteiger partial charge in [-0.25, -0.2) is 5.43 Å². The van der Waals surface area contributed by atoms with Crippen molar-refractivity contribution in [3.63, 3.8) is 0 Å². The van der Waals surface area contributed by atoms with Gasteiger partial charge < -0.3 is 14.7 Å². The maximum atomic E-state index is 11.8. The van der Waals surface area contributed by atoms with Crippen molar-refractivity contribution >= 4 is 18.0 Å². The quantitative estimate of drug-likeness (QED) is 0.490. The second kappa shape index (κ2) is 7.44. The van der Waals surface area contributed by atoms with E-state index in [1.54, 1.807) is 12.1 Å². The molecular weight excluding hydrogens is 286 g/mol. The largest absolute Gasteiger partial charge is 0.504 e. The van der Waals surface area contributed by atoms with Gasteiger partial charge in [-0.2, -0.15) is 5.10 Å². The van der Waals surface area contributed by atoms with Crippen LogP contribution in [0.1, 0.15) is 25.3 Å². The predicted octanol–water partition coefficient (Wildman–Crippen LogP) is 0.863. The molecule has 2 rings (SSSR count). The van der Waals surface area contributed by atoms with Crippen molar-refractivity contribution in [2.24, 2.45) is 5.10 Å². The van der Waals surface area contributed by atoms with E-state index in [0.717, 1.165) is 12.8 Å². The molecule has 2 amide bonds. The van der Waals surface area contributed by atoms with Gasteiger partial charge in [-0.05, 0) is 43.5 Å². The third-order valence-electron chi connectivity index (χ3n) is 3.25. The van der Waals surface area contributed by atoms with Gasteiger partial charge in [0, 0.05) is 13.1 Å². The van der Waals surface area contributed by atoms with Gasteiger partial charge in [0.05, 0.1) is 12.8 Å². The van der Waals surface area contributed by atoms with Gasteiger partial charge in [-0.3, -0.25) is 9.59 Å². The van der Waals surface area contributed by atoms with E-state index in [4.69, 9.17) is 4.74 Å². The molecule has 7 heteroatoms. The Balaban J connectivity index is 1.92. The van der Waals surface area contributed by atoms with Gasteiger partial charge in [0.25, 0.3) is 0 Å². The SMILES string of the molecule is CCOc1cc(/C=N/NC(=O)C(=O)N2CCCC2)ccc1O. The van der Waals surface area contributed by atoms with E-state index in [1.165, 1.54) is 17.2 Å². The lowest BCUT2D eigenvalue weighted by atomic mass is 10.2. The van der Waals surface area contributed by atoms with Crippen LogP contribution < -0.4 is 10.2 Å². The van der Waals surface area contributed by atoms with Crippen molar-refractivity contribution in [3.05, 3.63) is 23.8 Å². The average molecular weight is 305 g/mol. The number of hydrogen-bond donors (Lipinski definition) is 2. The van der Waals surface area contributed by atoms with Crippen LogP contribution in [0.4, 0.5) is 0 Å². The second-order valence-electron chi connectivity index (χ2n) is 4.86. The Morgan fingerprint density at radius 2 is 2.14 bits per heavy atom. The Morgan fingerprint density at radius 1 is 1.41 bits per heavy atom. The smallest absolute Gasteiger partial charge is 0.329 e. The highest BCUT2D eigenvalue weighted by Crippen LogP contribution is 2.26. The van der Waals surface area contributed by atoms with Gasteiger partial charge in [-0.15, -0.1) is 0 Å². The number of hydrogen-bond acceptors (Lipinski definition) is 5. The number of aromatic hydroxyl groups is 1. The van der Waals surface area contributed by atoms with E-state index in [-0.39, 0.29) is 5.75 Å². The maximum Gasteiger partial charge on any atom is 0.329 e. The van der Waals surface area contributed by atoms with Crippen LogP contribution in [0, 0.1) is 0 Å². The number of nitrogens with zero attached hydrogens (tertiary/aromatic N) is 2. The minimum absolute atomic E-state index is 0.0345. The van der Waals surface area contributed by atoms with Gasteiger partial charge in [-0.1, -0.05) is 0 Å². The van der Waals surface area contributed by atoms with Gasteiger partial charge in [0.2, 0.25) is 0 Å². The lowest BCUT2D eigenvalue weighted by molar-refractivity contribution is -0.145. The predicted molar refractivity (Wildman–Crippen MR) is 80.8 cm³/mol. The molecule has 2 N–H and O–H groups in total. The van der Waals surface area contributed by atoms with Crippen molar-refractivity contribution in [1.82, 2.24) is 10.3 Å². The van der Waals surface area contributed by atoms with Crippen LogP contribution in [-0.4, -0.2) is 47.7 Å². The zero-order valence-corrected chi connectivity index (χ0v) is 12.4. The average Bonchev–Trinajstić information content (AvgIpc) is 3.04. The standard InChI is InChI=1S/C15H19N3O4/c1-2-22-13-9-11(5-6-12(13)19)10-16-17-14(20)15(21)18-7-3-4-8-18/h5-6,9-10,19H,2-4,7-8H2,1H3,(H,17,20)/b16-10+. The third kappa shape index (κ3) is 3.97. The van der Waals surface area contributed by atoms with E-state index in [9.17, 15) is 14.7 Å². The van der Waals surface area contributed by atoms with Crippen LogP contribution >= 0.6 is 0 Å². The summed E-state index contributed by atoms with van der Waals surface area (Å²) in [6.45, 7) is 3.47. The highest BCUT2D eigenvalue weighted by atomic mass is 16.5. The summed E-state index contributed by atoms with van der Waals surface area (Å²) < 4.78 is 5.25. The molecule has 118 valence electrons. The van der Waals surface area contributed by atoms with Crippen LogP contribution in [0.3, 0.4) is 0 Å². The monoisotopic (exact) mass is 305 g/mol. The van der Waals surface area contributed by atoms with Crippen LogP contribution in [0.5, 0.6) is 11.5 Å². The molecule has 0 unspecified atom stereocenters. The normalized spacial score (nSPS) is 14.3. The fourth-order valence-electron chi connectivity index (χ4n) is 2.16. The Morgan fingerprint density at radius 3 is 2.82 bits per heavy atom. The number of benzene rings is 1. The molecule has 0 bridgehead atoms. The van der Waals surface area contributed by atoms with Crippen molar-refractivity contribution in [2.45, 2.75) is 19.8 Å². The molecule has 0 radical (unpaired) electrons. The lowest BCUT2D eigenvalue weighted by Gasteiger charge is -2.12. The number of hydrazone groups is 1. The molecule has 0 saturated carbocycles. The molecule has 1 fully saturated rings. The Hall–Kier alpha value is -2.57. The number of carbonyl (C=O) groups excluding carboxylic acids is 2. The summed E-state index contributed by atoms with van der Waals surface area (Å²) in [6.07, 6.45) is 3.24. The fourth-order valence-corrected chi connectivity index (χ4v) is 2.16. The molecule has 1 saturated heterocycles. The molecule has 22 heavy (non-hydrogen) atoms. The molecule has 0 spiro atoms. The second-order valence-corrected chi connectivity index (χ2v) is 4.86. The van der Waals surface area contributed by atoms with E-state index in [0.29, 0.717) is 31.0 Å². The zero-order valence-electron chi connectivity index (χ0n) is 12.4. The molecule has 1 aliphatic rings. The van der Waals surface area contributed by atoms with E-state index < -0.39 is 11.8 Å². The van der Waals surface area contributed by atoms with Crippen molar-refractivity contribution in [1.29, 1.82) is 0 Å². The first-order valence-electron chi connectivity index (χ1n) is 7.20. The van der Waals surface area contributed by atoms with Gasteiger partial charge >= 0.3 is 11.8 Å². The molecule has 1 heterocycles. The number of likely N-dealkylation sites (tertiary alicyclic amines) is 1. The molecule has 0 atom stereocenters. The maximum absolute atomic E-state index is 11.8. The van der Waals surface area contributed by atoms with Gasteiger partial charge in [0.15, 0.2) is 11.5 Å². The summed E-state index contributed by atoms with van der Waals surface area (Å²) in [7, 11) is 0. The van der Waals surface area contributed by atoms with Crippen molar-refractivity contribution < 1.29 is 19.4 Å². The Kier molecular flexibility index (Phi) is 5.35. The highest BCUT2D eigenvalue weighted by molar-refractivity contribution is 6.35. The first kappa shape index (κ1) is 15.8. The molecule has 0 aromatic heterocycles. The van der Waals surface area contributed by atoms with Crippen LogP contribution in [0.2, 0.25) is 0 Å². The van der Waals surface area contributed by atoms with Crippen molar-refractivity contribution in [2.75, 3.05) is 19.7 Å². The Bertz CT molecular complexity index is 580. The first-order valence-corrected chi connectivity index (χ1v) is 7.20. The molecule has 1 aliphatic heterocycles. The van der Waals surface area contributed by atoms with E-state index >= 15 is 0 Å². The summed E-state index contributed by atoms with van der Waals surface area (Å²) in [5.74, 6) is -0.935. The molecule has 0 aliphatic carbocycles. The number of amides is 2. The molecule has 1 aromatic rings. The minimum Gasteiger partial charge on any atom is -0.504 e. The summed E-state index contributed by atoms with van der Waals surface area (Å²) in [6, 6.07) is 4.69. The number of ether oxygens (including phenoxy) is 1. The topological polar surface area (TPSA) is 91.2 Å². The van der Waals surface area contributed by atoms with E-state index in [2.05, 4.69) is 10.5 Å². The molecule has 1 aromatic carbocycles. The van der Waals surface area contributed by atoms with Gasteiger partial charge in [0.1, 0.15) is 0 Å². The summed E-state index contributed by atoms with van der Waals surface area (Å²) in [5, 5.41) is 13.3. The molecule has 7 nitrogen and oxygen atoms in total. The van der Waals surface area contributed by atoms with Crippen molar-refractivity contribution in [3.8, 4) is 11.5 Å². The van der Waals surface area contributed by atoms with Crippen LogP contribution in [0.25, 0.3) is 0 Å². The number of phenols is 1. The number of nitrogens with one attached hydrogen (secondary N) is 1. The highest BCUT2D eigenvalue weighted by Gasteiger charge is 2.23. The number of phenolic OH excluding ortho intramolecular Hbond substituents is 1. The first-order chi connectivity index (χ1) is 10.6. The van der Waals surface area contributed by atoms with Crippen LogP contribution in [0.15, 0.2) is 23.3 Å². The fraction of sp³-hybridized carbons (Fsp3) is 0.400. The number of carbonyl (C=O) groups is 2. The van der Waals surface area contributed by atoms with E-state index in [1.807, 2.05) is 6.92 Å². The molecular formula is C15H19N3O4.